The van der Waals surface area contributed by atoms with Gasteiger partial charge in [-0.05, 0) is 12.1 Å². The van der Waals surface area contributed by atoms with Crippen LogP contribution in [0, 0.1) is 0 Å². The molecule has 106 valence electrons. The summed E-state index contributed by atoms with van der Waals surface area (Å²) < 4.78 is 5.18. The average Bonchev–Trinajstić information content (AvgIpc) is 2.94. The summed E-state index contributed by atoms with van der Waals surface area (Å²) in [7, 11) is 4.56. The summed E-state index contributed by atoms with van der Waals surface area (Å²) in [4.78, 5) is 20.8. The fourth-order valence-electron chi connectivity index (χ4n) is 1.50. The van der Waals surface area contributed by atoms with E-state index in [9.17, 15) is 4.79 Å². The fraction of sp³-hybridized carbons (Fsp3) is 0.231. The number of rotatable bonds is 4. The average molecular weight is 293 g/mol. The first kappa shape index (κ1) is 14.3. The van der Waals surface area contributed by atoms with Crippen molar-refractivity contribution in [3.05, 3.63) is 29.6 Å². The summed E-state index contributed by atoms with van der Waals surface area (Å²) in [5, 5.41) is 6.12. The van der Waals surface area contributed by atoms with Crippen LogP contribution in [0.4, 0.5) is 9.93 Å². The molecule has 0 bridgehead atoms. The molecule has 6 nitrogen and oxygen atoms in total. The van der Waals surface area contributed by atoms with Crippen molar-refractivity contribution in [1.29, 1.82) is 0 Å². The molecular weight excluding hydrogens is 278 g/mol. The zero-order chi connectivity index (χ0) is 14.5. The number of thiazole rings is 1. The lowest BCUT2D eigenvalue weighted by Crippen LogP contribution is -2.30. The predicted molar refractivity (Wildman–Crippen MR) is 77.9 cm³/mol. The zero-order valence-corrected chi connectivity index (χ0v) is 12.2. The van der Waals surface area contributed by atoms with Crippen LogP contribution in [0.25, 0.3) is 11.3 Å². The topological polar surface area (TPSA) is 63.7 Å². The molecule has 2 rings (SSSR count). The quantitative estimate of drug-likeness (QED) is 0.880. The van der Waals surface area contributed by atoms with Gasteiger partial charge >= 0.3 is 6.03 Å². The van der Waals surface area contributed by atoms with Crippen LogP contribution in [0.3, 0.4) is 0 Å². The van der Waals surface area contributed by atoms with Crippen LogP contribution in [0.2, 0.25) is 0 Å². The van der Waals surface area contributed by atoms with Crippen molar-refractivity contribution in [1.82, 2.24) is 10.0 Å². The number of hydrogen-bond donors (Lipinski definition) is 1. The number of carbonyl (C=O) groups is 1. The van der Waals surface area contributed by atoms with E-state index in [0.29, 0.717) is 5.13 Å². The fourth-order valence-corrected chi connectivity index (χ4v) is 2.21. The van der Waals surface area contributed by atoms with Gasteiger partial charge in [-0.15, -0.1) is 11.3 Å². The predicted octanol–water partition coefficient (Wildman–Crippen LogP) is 2.84. The molecule has 0 radical (unpaired) electrons. The minimum atomic E-state index is -0.376. The van der Waals surface area contributed by atoms with E-state index in [2.05, 4.69) is 10.3 Å². The maximum Gasteiger partial charge on any atom is 0.347 e. The molecule has 2 amide bonds. The van der Waals surface area contributed by atoms with Crippen LogP contribution >= 0.6 is 11.3 Å². The van der Waals surface area contributed by atoms with E-state index in [4.69, 9.17) is 9.57 Å². The highest BCUT2D eigenvalue weighted by Crippen LogP contribution is 2.27. The zero-order valence-electron chi connectivity index (χ0n) is 11.4. The van der Waals surface area contributed by atoms with E-state index in [0.717, 1.165) is 22.1 Å². The molecule has 0 saturated carbocycles. The Morgan fingerprint density at radius 2 is 2.20 bits per heavy atom. The highest BCUT2D eigenvalue weighted by atomic mass is 32.1. The first-order valence-electron chi connectivity index (χ1n) is 5.83. The van der Waals surface area contributed by atoms with Gasteiger partial charge in [0.2, 0.25) is 0 Å². The molecule has 0 unspecified atom stereocenters. The molecule has 7 heteroatoms. The normalized spacial score (nSPS) is 10.2. The largest absolute Gasteiger partial charge is 0.497 e. The Bertz CT molecular complexity index is 600. The molecule has 1 heterocycles. The monoisotopic (exact) mass is 293 g/mol. The van der Waals surface area contributed by atoms with Crippen molar-refractivity contribution >= 4 is 22.5 Å². The Labute approximate surface area is 120 Å². The van der Waals surface area contributed by atoms with Gasteiger partial charge < -0.3 is 4.74 Å². The number of ether oxygens (including phenoxy) is 1. The van der Waals surface area contributed by atoms with Crippen LogP contribution in [-0.4, -0.2) is 37.3 Å². The molecule has 2 aromatic rings. The van der Waals surface area contributed by atoms with E-state index >= 15 is 0 Å². The van der Waals surface area contributed by atoms with Crippen LogP contribution < -0.4 is 10.1 Å². The number of benzene rings is 1. The SMILES string of the molecule is COc1cccc(-c2csc(NC(=O)N(C)OC)n2)c1. The minimum absolute atomic E-state index is 0.376. The Morgan fingerprint density at radius 1 is 1.40 bits per heavy atom. The molecular formula is C13H15N3O3S. The molecule has 0 fully saturated rings. The Morgan fingerprint density at radius 3 is 2.90 bits per heavy atom. The van der Waals surface area contributed by atoms with Crippen molar-refractivity contribution in [2.75, 3.05) is 26.6 Å². The number of nitrogens with zero attached hydrogens (tertiary/aromatic N) is 2. The van der Waals surface area contributed by atoms with Crippen LogP contribution in [-0.2, 0) is 4.84 Å². The standard InChI is InChI=1S/C13H15N3O3S/c1-16(19-3)13(17)15-12-14-11(8-20-12)9-5-4-6-10(7-9)18-2/h4-8H,1-3H3,(H,14,15,17). The molecule has 0 saturated heterocycles. The summed E-state index contributed by atoms with van der Waals surface area (Å²) in [6.07, 6.45) is 0. The van der Waals surface area contributed by atoms with E-state index in [-0.39, 0.29) is 6.03 Å². The van der Waals surface area contributed by atoms with Crippen LogP contribution in [0.5, 0.6) is 5.75 Å². The third-order valence-electron chi connectivity index (χ3n) is 2.64. The Hall–Kier alpha value is -2.12. The van der Waals surface area contributed by atoms with Crippen molar-refractivity contribution in [2.45, 2.75) is 0 Å². The molecule has 0 aliphatic rings. The van der Waals surface area contributed by atoms with E-state index < -0.39 is 0 Å². The number of methoxy groups -OCH3 is 1. The van der Waals surface area contributed by atoms with Gasteiger partial charge in [-0.3, -0.25) is 10.2 Å². The number of hydroxylamine groups is 2. The molecule has 0 aliphatic carbocycles. The van der Waals surface area contributed by atoms with Gasteiger partial charge in [0.25, 0.3) is 0 Å². The molecule has 0 aliphatic heterocycles. The lowest BCUT2D eigenvalue weighted by Gasteiger charge is -2.12. The maximum absolute atomic E-state index is 11.6. The summed E-state index contributed by atoms with van der Waals surface area (Å²) in [6.45, 7) is 0. The van der Waals surface area contributed by atoms with Crippen molar-refractivity contribution in [2.24, 2.45) is 0 Å². The first-order valence-corrected chi connectivity index (χ1v) is 6.70. The van der Waals surface area contributed by atoms with Crippen molar-refractivity contribution in [3.63, 3.8) is 0 Å². The Balaban J connectivity index is 2.14. The molecule has 20 heavy (non-hydrogen) atoms. The number of urea groups is 1. The highest BCUT2D eigenvalue weighted by Gasteiger charge is 2.11. The van der Waals surface area contributed by atoms with Crippen molar-refractivity contribution in [3.8, 4) is 17.0 Å². The van der Waals surface area contributed by atoms with Crippen LogP contribution in [0.1, 0.15) is 0 Å². The van der Waals surface area contributed by atoms with Gasteiger partial charge in [-0.2, -0.15) is 0 Å². The van der Waals surface area contributed by atoms with Gasteiger partial charge in [-0.25, -0.2) is 14.8 Å². The van der Waals surface area contributed by atoms with Crippen molar-refractivity contribution < 1.29 is 14.4 Å². The molecule has 1 N–H and O–H groups in total. The van der Waals surface area contributed by atoms with E-state index in [1.54, 1.807) is 7.11 Å². The number of carbonyl (C=O) groups excluding carboxylic acids is 1. The van der Waals surface area contributed by atoms with Gasteiger partial charge in [0, 0.05) is 18.0 Å². The highest BCUT2D eigenvalue weighted by molar-refractivity contribution is 7.14. The summed E-state index contributed by atoms with van der Waals surface area (Å²) in [5.41, 5.74) is 1.71. The van der Waals surface area contributed by atoms with Gasteiger partial charge in [-0.1, -0.05) is 12.1 Å². The summed E-state index contributed by atoms with van der Waals surface area (Å²) in [5.74, 6) is 0.764. The van der Waals surface area contributed by atoms with Gasteiger partial charge in [0.05, 0.1) is 19.9 Å². The third kappa shape index (κ3) is 3.25. The van der Waals surface area contributed by atoms with E-state index in [1.165, 1.54) is 25.5 Å². The smallest absolute Gasteiger partial charge is 0.347 e. The van der Waals surface area contributed by atoms with Gasteiger partial charge in [0.15, 0.2) is 5.13 Å². The Kier molecular flexibility index (Phi) is 4.54. The second-order valence-electron chi connectivity index (χ2n) is 3.88. The second kappa shape index (κ2) is 6.36. The number of hydrogen-bond acceptors (Lipinski definition) is 5. The number of anilines is 1. The third-order valence-corrected chi connectivity index (χ3v) is 3.40. The van der Waals surface area contributed by atoms with E-state index in [1.807, 2.05) is 29.6 Å². The molecule has 0 spiro atoms. The summed E-state index contributed by atoms with van der Waals surface area (Å²) >= 11 is 1.35. The lowest BCUT2D eigenvalue weighted by atomic mass is 10.2. The summed E-state index contributed by atoms with van der Waals surface area (Å²) in [6, 6.07) is 7.21. The lowest BCUT2D eigenvalue weighted by molar-refractivity contribution is -0.0598. The molecule has 0 atom stereocenters. The molecule has 1 aromatic carbocycles. The minimum Gasteiger partial charge on any atom is -0.497 e. The number of aromatic nitrogens is 1. The van der Waals surface area contributed by atoms with Gasteiger partial charge in [0.1, 0.15) is 5.75 Å². The maximum atomic E-state index is 11.6. The number of nitrogens with one attached hydrogen (secondary N) is 1. The first-order chi connectivity index (χ1) is 9.63. The second-order valence-corrected chi connectivity index (χ2v) is 4.74. The molecule has 1 aromatic heterocycles. The number of amides is 2. The van der Waals surface area contributed by atoms with Crippen LogP contribution in [0.15, 0.2) is 29.6 Å².